The van der Waals surface area contributed by atoms with Gasteiger partial charge in [-0.05, 0) is 63.7 Å². The van der Waals surface area contributed by atoms with Crippen LogP contribution in [-0.2, 0) is 4.79 Å². The maximum Gasteiger partial charge on any atom is 0.223 e. The molecule has 2 fully saturated rings. The minimum Gasteiger partial charge on any atom is -0.368 e. The number of halogens is 2. The summed E-state index contributed by atoms with van der Waals surface area (Å²) in [5.74, 6) is -0.796. The van der Waals surface area contributed by atoms with E-state index in [2.05, 4.69) is 30.9 Å². The number of anilines is 3. The van der Waals surface area contributed by atoms with E-state index >= 15 is 0 Å². The number of aromatic nitrogens is 4. The molecule has 0 bridgehead atoms. The lowest BCUT2D eigenvalue weighted by Crippen LogP contribution is -2.45. The zero-order valence-corrected chi connectivity index (χ0v) is 18.7. The number of nitrogen functional groups attached to an aromatic ring is 1. The average Bonchev–Trinajstić information content (AvgIpc) is 3.18. The zero-order chi connectivity index (χ0) is 23.7. The molecule has 3 heterocycles. The van der Waals surface area contributed by atoms with Crippen LogP contribution in [0.3, 0.4) is 0 Å². The van der Waals surface area contributed by atoms with Gasteiger partial charge in [-0.2, -0.15) is 4.98 Å². The molecule has 1 amide bonds. The molecular weight excluding hydrogens is 442 g/mol. The largest absolute Gasteiger partial charge is 0.368 e. The SMILES string of the molecule is Nc1ncc2nc(Nc3ccc(F)cc3F)n([C@H]3CC[C@@H](C(=O)NC4CCNCC4)CC3)c2n1. The Kier molecular flexibility index (Phi) is 6.27. The first kappa shape index (κ1) is 22.5. The molecule has 2 aromatic heterocycles. The maximum absolute atomic E-state index is 14.3. The number of hydrogen-bond donors (Lipinski definition) is 4. The minimum atomic E-state index is -0.720. The van der Waals surface area contributed by atoms with E-state index in [9.17, 15) is 13.6 Å². The standard InChI is InChI=1S/C23H28F2N8O/c24-14-3-6-18(17(25)11-14)30-23-31-19-12-28-22(26)32-20(19)33(23)16-4-1-13(2-5-16)21(34)29-15-7-9-27-10-8-15/h3,6,11-13,15-16,27H,1-2,4-5,7-10H2,(H,29,34)(H,30,31)(H2,26,28,32)/t13-,16+. The van der Waals surface area contributed by atoms with E-state index < -0.39 is 11.6 Å². The van der Waals surface area contributed by atoms with Crippen molar-refractivity contribution >= 4 is 34.7 Å². The molecule has 34 heavy (non-hydrogen) atoms. The summed E-state index contributed by atoms with van der Waals surface area (Å²) in [7, 11) is 0. The topological polar surface area (TPSA) is 123 Å². The summed E-state index contributed by atoms with van der Waals surface area (Å²) in [6.45, 7) is 1.86. The highest BCUT2D eigenvalue weighted by atomic mass is 19.1. The van der Waals surface area contributed by atoms with Gasteiger partial charge in [0.05, 0.1) is 11.9 Å². The number of rotatable bonds is 5. The maximum atomic E-state index is 14.3. The first-order valence-electron chi connectivity index (χ1n) is 11.7. The second-order valence-corrected chi connectivity index (χ2v) is 9.03. The number of fused-ring (bicyclic) bond motifs is 1. The highest BCUT2D eigenvalue weighted by Crippen LogP contribution is 2.37. The predicted molar refractivity (Wildman–Crippen MR) is 124 cm³/mol. The van der Waals surface area contributed by atoms with Crippen LogP contribution in [0.25, 0.3) is 11.2 Å². The van der Waals surface area contributed by atoms with Crippen LogP contribution < -0.4 is 21.7 Å². The van der Waals surface area contributed by atoms with Gasteiger partial charge < -0.3 is 21.7 Å². The molecule has 5 N–H and O–H groups in total. The van der Waals surface area contributed by atoms with Crippen LogP contribution in [-0.4, -0.2) is 44.6 Å². The highest BCUT2D eigenvalue weighted by Gasteiger charge is 2.31. The third kappa shape index (κ3) is 4.65. The van der Waals surface area contributed by atoms with Gasteiger partial charge in [0.15, 0.2) is 5.65 Å². The highest BCUT2D eigenvalue weighted by molar-refractivity contribution is 5.79. The van der Waals surface area contributed by atoms with Crippen LogP contribution in [0.2, 0.25) is 0 Å². The number of benzene rings is 1. The number of nitrogens with zero attached hydrogens (tertiary/aromatic N) is 4. The fourth-order valence-electron chi connectivity index (χ4n) is 4.93. The first-order valence-corrected chi connectivity index (χ1v) is 11.7. The molecule has 1 aliphatic carbocycles. The Labute approximate surface area is 195 Å². The molecule has 11 heteroatoms. The van der Waals surface area contributed by atoms with E-state index in [0.29, 0.717) is 17.1 Å². The third-order valence-electron chi connectivity index (χ3n) is 6.75. The van der Waals surface area contributed by atoms with Crippen molar-refractivity contribution in [2.45, 2.75) is 50.6 Å². The first-order chi connectivity index (χ1) is 16.5. The summed E-state index contributed by atoms with van der Waals surface area (Å²) >= 11 is 0. The molecule has 5 rings (SSSR count). The Bertz CT molecular complexity index is 1190. The van der Waals surface area contributed by atoms with Gasteiger partial charge in [0.1, 0.15) is 17.2 Å². The summed E-state index contributed by atoms with van der Waals surface area (Å²) in [5.41, 5.74) is 7.00. The van der Waals surface area contributed by atoms with Gasteiger partial charge in [-0.1, -0.05) is 0 Å². The van der Waals surface area contributed by atoms with Crippen LogP contribution in [0.4, 0.5) is 26.4 Å². The molecule has 180 valence electrons. The van der Waals surface area contributed by atoms with Gasteiger partial charge in [0.2, 0.25) is 17.8 Å². The summed E-state index contributed by atoms with van der Waals surface area (Å²) in [5, 5.41) is 9.50. The number of piperidine rings is 1. The van der Waals surface area contributed by atoms with Crippen molar-refractivity contribution in [2.24, 2.45) is 5.92 Å². The minimum absolute atomic E-state index is 0.00626. The quantitative estimate of drug-likeness (QED) is 0.452. The smallest absolute Gasteiger partial charge is 0.223 e. The summed E-state index contributed by atoms with van der Waals surface area (Å²) in [6.07, 6.45) is 6.37. The van der Waals surface area contributed by atoms with Gasteiger partial charge in [-0.3, -0.25) is 9.36 Å². The third-order valence-corrected chi connectivity index (χ3v) is 6.75. The van der Waals surface area contributed by atoms with Crippen molar-refractivity contribution in [3.63, 3.8) is 0 Å². The van der Waals surface area contributed by atoms with Crippen molar-refractivity contribution < 1.29 is 13.6 Å². The van der Waals surface area contributed by atoms with Crippen LogP contribution in [0.5, 0.6) is 0 Å². The van der Waals surface area contributed by atoms with E-state index in [-0.39, 0.29) is 35.5 Å². The molecule has 1 saturated heterocycles. The van der Waals surface area contributed by atoms with Gasteiger partial charge in [0, 0.05) is 24.1 Å². The lowest BCUT2D eigenvalue weighted by molar-refractivity contribution is -0.127. The number of nitrogens with one attached hydrogen (secondary N) is 3. The molecular formula is C23H28F2N8O. The molecule has 1 aromatic carbocycles. The van der Waals surface area contributed by atoms with Crippen molar-refractivity contribution in [1.82, 2.24) is 30.2 Å². The molecule has 1 saturated carbocycles. The molecule has 0 radical (unpaired) electrons. The van der Waals surface area contributed by atoms with Gasteiger partial charge in [-0.25, -0.2) is 18.7 Å². The lowest BCUT2D eigenvalue weighted by atomic mass is 9.85. The molecule has 3 aromatic rings. The number of carbonyl (C=O) groups excluding carboxylic acids is 1. The number of carbonyl (C=O) groups is 1. The number of imidazole rings is 1. The normalized spacial score (nSPS) is 21.5. The zero-order valence-electron chi connectivity index (χ0n) is 18.7. The van der Waals surface area contributed by atoms with E-state index in [1.54, 1.807) is 0 Å². The van der Waals surface area contributed by atoms with Gasteiger partial charge in [-0.15, -0.1) is 0 Å². The van der Waals surface area contributed by atoms with E-state index in [4.69, 9.17) is 5.73 Å². The molecule has 9 nitrogen and oxygen atoms in total. The number of hydrogen-bond acceptors (Lipinski definition) is 7. The van der Waals surface area contributed by atoms with Crippen molar-refractivity contribution in [3.8, 4) is 0 Å². The summed E-state index contributed by atoms with van der Waals surface area (Å²) in [6, 6.07) is 3.57. The molecule has 2 aliphatic rings. The molecule has 0 spiro atoms. The molecule has 0 atom stereocenters. The van der Waals surface area contributed by atoms with Crippen molar-refractivity contribution in [2.75, 3.05) is 24.1 Å². The van der Waals surface area contributed by atoms with Crippen LogP contribution in [0, 0.1) is 17.6 Å². The van der Waals surface area contributed by atoms with E-state index in [1.165, 1.54) is 18.3 Å². The Hall–Kier alpha value is -3.34. The molecule has 1 aliphatic heterocycles. The Morgan fingerprint density at radius 2 is 1.85 bits per heavy atom. The lowest BCUT2D eigenvalue weighted by Gasteiger charge is -2.31. The van der Waals surface area contributed by atoms with Crippen molar-refractivity contribution in [1.29, 1.82) is 0 Å². The van der Waals surface area contributed by atoms with Crippen LogP contribution in [0.1, 0.15) is 44.6 Å². The second kappa shape index (κ2) is 9.49. The number of nitrogens with two attached hydrogens (primary N) is 1. The predicted octanol–water partition coefficient (Wildman–Crippen LogP) is 3.03. The fraction of sp³-hybridized carbons (Fsp3) is 0.478. The van der Waals surface area contributed by atoms with E-state index in [0.717, 1.165) is 57.7 Å². The monoisotopic (exact) mass is 470 g/mol. The fourth-order valence-corrected chi connectivity index (χ4v) is 4.93. The second-order valence-electron chi connectivity index (χ2n) is 9.03. The van der Waals surface area contributed by atoms with Gasteiger partial charge in [0.25, 0.3) is 0 Å². The van der Waals surface area contributed by atoms with Crippen molar-refractivity contribution in [3.05, 3.63) is 36.0 Å². The Morgan fingerprint density at radius 3 is 2.59 bits per heavy atom. The van der Waals surface area contributed by atoms with Crippen LogP contribution in [0.15, 0.2) is 24.4 Å². The average molecular weight is 471 g/mol. The molecule has 0 unspecified atom stereocenters. The summed E-state index contributed by atoms with van der Waals surface area (Å²) in [4.78, 5) is 25.7. The van der Waals surface area contributed by atoms with Crippen LogP contribution >= 0.6 is 0 Å². The summed E-state index contributed by atoms with van der Waals surface area (Å²) < 4.78 is 29.6. The Morgan fingerprint density at radius 1 is 1.09 bits per heavy atom. The Balaban J connectivity index is 1.36. The van der Waals surface area contributed by atoms with Gasteiger partial charge >= 0.3 is 0 Å². The number of amides is 1. The van der Waals surface area contributed by atoms with E-state index in [1.807, 2.05) is 4.57 Å².